The van der Waals surface area contributed by atoms with Crippen LogP contribution in [0.2, 0.25) is 0 Å². The van der Waals surface area contributed by atoms with E-state index in [9.17, 15) is 26.3 Å². The maximum absolute atomic E-state index is 12.4. The van der Waals surface area contributed by atoms with Gasteiger partial charge in [-0.25, -0.2) is 0 Å². The predicted molar refractivity (Wildman–Crippen MR) is 37.5 cm³/mol. The van der Waals surface area contributed by atoms with Gasteiger partial charge in [-0.1, -0.05) is 13.8 Å². The lowest BCUT2D eigenvalue weighted by Crippen LogP contribution is -2.35. The third-order valence-electron chi connectivity index (χ3n) is 2.96. The van der Waals surface area contributed by atoms with E-state index in [0.29, 0.717) is 0 Å². The van der Waals surface area contributed by atoms with Crippen LogP contribution in [-0.4, -0.2) is 12.4 Å². The molecule has 0 N–H and O–H groups in total. The predicted octanol–water partition coefficient (Wildman–Crippen LogP) is 3.77. The second-order valence-corrected chi connectivity index (χ2v) is 3.99. The molecule has 1 saturated carbocycles. The van der Waals surface area contributed by atoms with Crippen LogP contribution in [0.3, 0.4) is 0 Å². The second kappa shape index (κ2) is 2.79. The molecule has 0 amide bonds. The van der Waals surface area contributed by atoms with Gasteiger partial charge in [-0.3, -0.25) is 0 Å². The minimum Gasteiger partial charge on any atom is -0.171 e. The molecular weight excluding hydrogens is 210 g/mol. The summed E-state index contributed by atoms with van der Waals surface area (Å²) in [5, 5.41) is 0. The van der Waals surface area contributed by atoms with E-state index in [2.05, 4.69) is 0 Å². The molecule has 6 heteroatoms. The zero-order valence-corrected chi connectivity index (χ0v) is 7.63. The van der Waals surface area contributed by atoms with Gasteiger partial charge in [0.25, 0.3) is 0 Å². The van der Waals surface area contributed by atoms with Gasteiger partial charge >= 0.3 is 12.4 Å². The summed E-state index contributed by atoms with van der Waals surface area (Å²) in [5.74, 6) is -3.25. The Labute approximate surface area is 77.3 Å². The average molecular weight is 220 g/mol. The molecule has 0 spiro atoms. The molecule has 0 radical (unpaired) electrons. The molecule has 0 nitrogen and oxygen atoms in total. The van der Waals surface area contributed by atoms with E-state index in [1.165, 1.54) is 13.8 Å². The fourth-order valence-electron chi connectivity index (χ4n) is 1.97. The van der Waals surface area contributed by atoms with Crippen LogP contribution in [0.15, 0.2) is 0 Å². The maximum atomic E-state index is 12.4. The molecular formula is C8H10F6. The molecule has 1 fully saturated rings. The van der Waals surface area contributed by atoms with Gasteiger partial charge in [-0.05, 0) is 12.3 Å². The number of halogens is 6. The summed E-state index contributed by atoms with van der Waals surface area (Å²) in [7, 11) is 0. The van der Waals surface area contributed by atoms with Crippen LogP contribution in [0.1, 0.15) is 20.3 Å². The van der Waals surface area contributed by atoms with Crippen LogP contribution in [0.4, 0.5) is 26.3 Å². The molecule has 0 aliphatic heterocycles. The van der Waals surface area contributed by atoms with Crippen molar-refractivity contribution in [3.63, 3.8) is 0 Å². The van der Waals surface area contributed by atoms with Gasteiger partial charge in [-0.2, -0.15) is 26.3 Å². The van der Waals surface area contributed by atoms with Crippen molar-refractivity contribution in [3.05, 3.63) is 0 Å². The summed E-state index contributed by atoms with van der Waals surface area (Å²) >= 11 is 0. The Hall–Kier alpha value is -0.420. The first kappa shape index (κ1) is 11.7. The zero-order valence-electron chi connectivity index (χ0n) is 7.63. The van der Waals surface area contributed by atoms with Crippen molar-refractivity contribution < 1.29 is 26.3 Å². The van der Waals surface area contributed by atoms with Crippen molar-refractivity contribution in [2.45, 2.75) is 32.6 Å². The molecule has 0 heterocycles. The first-order chi connectivity index (χ1) is 6.03. The summed E-state index contributed by atoms with van der Waals surface area (Å²) in [6.07, 6.45) is -10.3. The van der Waals surface area contributed by atoms with Gasteiger partial charge in [0.05, 0.1) is 11.3 Å². The van der Waals surface area contributed by atoms with Crippen molar-refractivity contribution >= 4 is 0 Å². The first-order valence-electron chi connectivity index (χ1n) is 4.17. The van der Waals surface area contributed by atoms with Gasteiger partial charge in [0.1, 0.15) is 0 Å². The van der Waals surface area contributed by atoms with E-state index in [1.807, 2.05) is 0 Å². The van der Waals surface area contributed by atoms with Crippen molar-refractivity contribution in [2.24, 2.45) is 17.3 Å². The molecule has 2 atom stereocenters. The first-order valence-corrected chi connectivity index (χ1v) is 4.17. The smallest absolute Gasteiger partial charge is 0.171 e. The number of rotatable bonds is 1. The van der Waals surface area contributed by atoms with Crippen molar-refractivity contribution in [1.29, 1.82) is 0 Å². The Balaban J connectivity index is 2.94. The van der Waals surface area contributed by atoms with Crippen LogP contribution in [0, 0.1) is 17.3 Å². The molecule has 0 aromatic rings. The molecule has 14 heavy (non-hydrogen) atoms. The van der Waals surface area contributed by atoms with Crippen LogP contribution in [0.5, 0.6) is 0 Å². The number of hydrogen-bond acceptors (Lipinski definition) is 0. The Morgan fingerprint density at radius 2 is 1.50 bits per heavy atom. The summed E-state index contributed by atoms with van der Waals surface area (Å²) in [4.78, 5) is 0. The van der Waals surface area contributed by atoms with Gasteiger partial charge < -0.3 is 0 Å². The van der Waals surface area contributed by atoms with Crippen LogP contribution in [-0.2, 0) is 0 Å². The van der Waals surface area contributed by atoms with Crippen molar-refractivity contribution in [3.8, 4) is 0 Å². The van der Waals surface area contributed by atoms with Gasteiger partial charge in [0.2, 0.25) is 0 Å². The van der Waals surface area contributed by atoms with Gasteiger partial charge in [0.15, 0.2) is 0 Å². The fraction of sp³-hybridized carbons (Fsp3) is 1.00. The quantitative estimate of drug-likeness (QED) is 0.590. The Morgan fingerprint density at radius 3 is 1.57 bits per heavy atom. The van der Waals surface area contributed by atoms with Crippen LogP contribution >= 0.6 is 0 Å². The van der Waals surface area contributed by atoms with E-state index in [1.54, 1.807) is 0 Å². The maximum Gasteiger partial charge on any atom is 0.395 e. The highest BCUT2D eigenvalue weighted by Gasteiger charge is 2.78. The Kier molecular flexibility index (Phi) is 2.32. The normalized spacial score (nSPS) is 33.6. The molecule has 84 valence electrons. The minimum atomic E-state index is -4.76. The van der Waals surface area contributed by atoms with Crippen molar-refractivity contribution in [1.82, 2.24) is 0 Å². The lowest BCUT2D eigenvalue weighted by Gasteiger charge is -2.25. The van der Waals surface area contributed by atoms with E-state index >= 15 is 0 Å². The molecule has 0 saturated heterocycles. The summed E-state index contributed by atoms with van der Waals surface area (Å²) in [6.45, 7) is 2.36. The van der Waals surface area contributed by atoms with Crippen LogP contribution < -0.4 is 0 Å². The molecule has 0 bridgehead atoms. The lowest BCUT2D eigenvalue weighted by molar-refractivity contribution is -0.235. The molecule has 1 aliphatic rings. The fourth-order valence-corrected chi connectivity index (χ4v) is 1.97. The lowest BCUT2D eigenvalue weighted by atomic mass is 9.89. The van der Waals surface area contributed by atoms with E-state index in [0.717, 1.165) is 0 Å². The minimum absolute atomic E-state index is 0.822. The second-order valence-electron chi connectivity index (χ2n) is 3.99. The molecule has 2 unspecified atom stereocenters. The van der Waals surface area contributed by atoms with E-state index in [-0.39, 0.29) is 0 Å². The zero-order chi connectivity index (χ0) is 11.4. The molecule has 0 aromatic heterocycles. The summed E-state index contributed by atoms with van der Waals surface area (Å²) in [5.41, 5.74) is -2.54. The Bertz CT molecular complexity index is 225. The topological polar surface area (TPSA) is 0 Å². The van der Waals surface area contributed by atoms with E-state index in [4.69, 9.17) is 0 Å². The average Bonchev–Trinajstić information content (AvgIpc) is 2.55. The number of alkyl halides is 6. The highest BCUT2D eigenvalue weighted by Crippen LogP contribution is 2.71. The highest BCUT2D eigenvalue weighted by atomic mass is 19.4. The summed E-state index contributed by atoms with van der Waals surface area (Å²) < 4.78 is 73.7. The van der Waals surface area contributed by atoms with Crippen molar-refractivity contribution in [2.75, 3.05) is 0 Å². The standard InChI is InChI=1S/C8H10F6/c1-4(2)6(8(12,13)14)3-5(6)7(9,10)11/h4-5H,3H2,1-2H3. The Morgan fingerprint density at radius 1 is 1.07 bits per heavy atom. The third-order valence-corrected chi connectivity index (χ3v) is 2.96. The SMILES string of the molecule is CC(C)C1(C(F)(F)F)CC1C(F)(F)F. The molecule has 1 aliphatic carbocycles. The van der Waals surface area contributed by atoms with Crippen LogP contribution in [0.25, 0.3) is 0 Å². The third kappa shape index (κ3) is 1.48. The largest absolute Gasteiger partial charge is 0.395 e. The highest BCUT2D eigenvalue weighted by molar-refractivity contribution is 5.11. The van der Waals surface area contributed by atoms with E-state index < -0.39 is 36.0 Å². The van der Waals surface area contributed by atoms with Gasteiger partial charge in [-0.15, -0.1) is 0 Å². The molecule has 1 rings (SSSR count). The summed E-state index contributed by atoms with van der Waals surface area (Å²) in [6, 6.07) is 0. The van der Waals surface area contributed by atoms with Gasteiger partial charge in [0, 0.05) is 0 Å². The molecule has 0 aromatic carbocycles. The number of hydrogen-bond donors (Lipinski definition) is 0. The monoisotopic (exact) mass is 220 g/mol.